The molecule has 0 aliphatic rings. The highest BCUT2D eigenvalue weighted by atomic mass is 16.5. The number of hydrogen-bond acceptors (Lipinski definition) is 5. The van der Waals surface area contributed by atoms with Gasteiger partial charge in [0.05, 0.1) is 44.1 Å². The second-order valence-corrected chi connectivity index (χ2v) is 23.0. The summed E-state index contributed by atoms with van der Waals surface area (Å²) in [5.74, 6) is 4.56. The largest absolute Gasteiger partial charge is 0.457 e. The minimum atomic E-state index is 0.693. The fraction of sp³-hybridized carbons (Fsp3) is 0. The molecule has 0 aliphatic heterocycles. The van der Waals surface area contributed by atoms with Crippen LogP contribution < -0.4 is 14.5 Å². The fourth-order valence-corrected chi connectivity index (χ4v) is 13.9. The predicted octanol–water partition coefficient (Wildman–Crippen LogP) is 21.6. The minimum Gasteiger partial charge on any atom is -0.457 e. The van der Waals surface area contributed by atoms with E-state index in [0.717, 1.165) is 102 Å². The van der Waals surface area contributed by atoms with Gasteiger partial charge in [0.25, 0.3) is 0 Å². The van der Waals surface area contributed by atoms with E-state index in [-0.39, 0.29) is 0 Å². The van der Waals surface area contributed by atoms with E-state index in [1.165, 1.54) is 43.1 Å². The van der Waals surface area contributed by atoms with E-state index in [1.54, 1.807) is 0 Å². The molecule has 0 unspecified atom stereocenters. The molecule has 18 aromatic rings. The normalized spacial score (nSPS) is 11.7. The lowest BCUT2D eigenvalue weighted by Gasteiger charge is -2.26. The number of ether oxygens (including phenoxy) is 1. The molecule has 0 aliphatic carbocycles. The van der Waals surface area contributed by atoms with Crippen LogP contribution in [0.15, 0.2) is 328 Å². The first-order chi connectivity index (χ1) is 45.1. The molecular formula is C82H54N8O. The quantitative estimate of drug-likeness (QED) is 0.122. The van der Waals surface area contributed by atoms with E-state index in [0.29, 0.717) is 11.5 Å². The highest BCUT2D eigenvalue weighted by Gasteiger charge is 2.23. The zero-order chi connectivity index (χ0) is 59.9. The number of nitrogens with zero attached hydrogens (tertiary/aromatic N) is 8. The molecule has 0 spiro atoms. The van der Waals surface area contributed by atoms with Gasteiger partial charge >= 0.3 is 0 Å². The smallest absolute Gasteiger partial charge is 0.140 e. The summed E-state index contributed by atoms with van der Waals surface area (Å²) in [4.78, 5) is 15.6. The van der Waals surface area contributed by atoms with E-state index < -0.39 is 0 Å². The van der Waals surface area contributed by atoms with Gasteiger partial charge in [0.15, 0.2) is 0 Å². The predicted molar refractivity (Wildman–Crippen MR) is 375 cm³/mol. The lowest BCUT2D eigenvalue weighted by atomic mass is 10.2. The molecule has 6 aromatic heterocycles. The standard InChI is InChI=1S/C82H54N8O/c1-9-33-71-63(25-1)64-26-2-10-34-72(64)87(71)59-23-17-21-57(53-59)85(79-41-19-43-81(83-79)89-75-37-13-5-29-67(75)68-30-6-14-38-76(68)89)55-45-49-61(50-46-55)91-62-51-47-56(48-52-62)86(58-22-18-24-60(54-58)88-73-35-11-3-27-65(73)66-28-4-12-36-74(66)88)80-42-20-44-82(84-80)90-77-39-15-7-31-69(77)70-32-8-16-40-78(70)90/h1-54H. The Morgan fingerprint density at radius 1 is 0.220 bits per heavy atom. The van der Waals surface area contributed by atoms with E-state index in [9.17, 15) is 0 Å². The Kier molecular flexibility index (Phi) is 12.0. The number of anilines is 6. The minimum absolute atomic E-state index is 0.693. The third-order valence-electron chi connectivity index (χ3n) is 17.8. The number of para-hydroxylation sites is 8. The molecular weight excluding hydrogens is 1110 g/mol. The number of aromatic nitrogens is 6. The lowest BCUT2D eigenvalue weighted by Crippen LogP contribution is -2.13. The summed E-state index contributed by atoms with van der Waals surface area (Å²) in [7, 11) is 0. The van der Waals surface area contributed by atoms with Crippen molar-refractivity contribution < 1.29 is 4.74 Å². The molecule has 0 amide bonds. The average molecular weight is 1170 g/mol. The molecule has 91 heavy (non-hydrogen) atoms. The maximum atomic E-state index is 6.79. The lowest BCUT2D eigenvalue weighted by molar-refractivity contribution is 0.483. The van der Waals surface area contributed by atoms with Crippen LogP contribution in [0.25, 0.3) is 110 Å². The second-order valence-electron chi connectivity index (χ2n) is 23.0. The molecule has 0 saturated carbocycles. The molecule has 0 bridgehead atoms. The maximum absolute atomic E-state index is 6.79. The van der Waals surface area contributed by atoms with Gasteiger partial charge in [-0.05, 0) is 158 Å². The Morgan fingerprint density at radius 2 is 0.484 bits per heavy atom. The molecule has 18 rings (SSSR count). The molecule has 12 aromatic carbocycles. The third kappa shape index (κ3) is 8.55. The highest BCUT2D eigenvalue weighted by Crippen LogP contribution is 2.43. The van der Waals surface area contributed by atoms with Crippen LogP contribution >= 0.6 is 0 Å². The Balaban J connectivity index is 0.725. The van der Waals surface area contributed by atoms with Crippen LogP contribution in [0.1, 0.15) is 0 Å². The molecule has 9 nitrogen and oxygen atoms in total. The van der Waals surface area contributed by atoms with Gasteiger partial charge in [0, 0.05) is 77.2 Å². The summed E-state index contributed by atoms with van der Waals surface area (Å²) >= 11 is 0. The molecule has 0 saturated heterocycles. The summed E-state index contributed by atoms with van der Waals surface area (Å²) in [6, 6.07) is 116. The van der Waals surface area contributed by atoms with Crippen molar-refractivity contribution in [3.05, 3.63) is 328 Å². The van der Waals surface area contributed by atoms with Crippen molar-refractivity contribution >= 4 is 122 Å². The molecule has 0 radical (unpaired) electrons. The third-order valence-corrected chi connectivity index (χ3v) is 17.8. The van der Waals surface area contributed by atoms with Crippen molar-refractivity contribution in [1.29, 1.82) is 0 Å². The first-order valence-electron chi connectivity index (χ1n) is 30.7. The molecule has 0 N–H and O–H groups in total. The topological polar surface area (TPSA) is 61.2 Å². The van der Waals surface area contributed by atoms with Crippen molar-refractivity contribution in [3.8, 4) is 34.5 Å². The van der Waals surface area contributed by atoms with Crippen LogP contribution in [0.4, 0.5) is 34.4 Å². The Hall–Kier alpha value is -12.5. The van der Waals surface area contributed by atoms with Gasteiger partial charge in [-0.25, -0.2) is 9.97 Å². The molecule has 428 valence electrons. The molecule has 0 atom stereocenters. The SMILES string of the molecule is c1cc(N(c2ccc(Oc3ccc(N(c4cccc(-n5c6ccccc6c6ccccc65)c4)c4cccc(-n5c6ccccc6c6ccccc65)n4)cc3)cc2)c2cccc(-n3c4ccccc4c4ccccc43)n2)cc(-n2c3ccccc3c3ccccc32)c1. The van der Waals surface area contributed by atoms with Crippen LogP contribution in [0.5, 0.6) is 11.5 Å². The van der Waals surface area contributed by atoms with Crippen molar-refractivity contribution in [3.63, 3.8) is 0 Å². The average Bonchev–Trinajstić information content (AvgIpc) is 2.47. The van der Waals surface area contributed by atoms with Gasteiger partial charge in [-0.1, -0.05) is 170 Å². The van der Waals surface area contributed by atoms with Crippen LogP contribution in [-0.4, -0.2) is 28.2 Å². The van der Waals surface area contributed by atoms with Crippen LogP contribution in [0.2, 0.25) is 0 Å². The van der Waals surface area contributed by atoms with E-state index >= 15 is 0 Å². The van der Waals surface area contributed by atoms with E-state index in [2.05, 4.69) is 331 Å². The van der Waals surface area contributed by atoms with E-state index in [1.807, 2.05) is 24.3 Å². The molecule has 9 heteroatoms. The van der Waals surface area contributed by atoms with Crippen LogP contribution in [0, 0.1) is 0 Å². The first kappa shape index (κ1) is 51.7. The van der Waals surface area contributed by atoms with Gasteiger partial charge in [-0.15, -0.1) is 0 Å². The Labute approximate surface area is 523 Å². The van der Waals surface area contributed by atoms with Gasteiger partial charge in [0.2, 0.25) is 0 Å². The molecule has 0 fully saturated rings. The summed E-state index contributed by atoms with van der Waals surface area (Å²) < 4.78 is 16.1. The molecule has 6 heterocycles. The van der Waals surface area contributed by atoms with Gasteiger partial charge < -0.3 is 13.9 Å². The summed E-state index contributed by atoms with van der Waals surface area (Å²) in [6.07, 6.45) is 0. The van der Waals surface area contributed by atoms with Gasteiger partial charge in [-0.2, -0.15) is 0 Å². The van der Waals surface area contributed by atoms with Crippen molar-refractivity contribution in [1.82, 2.24) is 28.2 Å². The number of benzene rings is 12. The van der Waals surface area contributed by atoms with Gasteiger partial charge in [-0.3, -0.25) is 18.9 Å². The van der Waals surface area contributed by atoms with Crippen LogP contribution in [-0.2, 0) is 0 Å². The van der Waals surface area contributed by atoms with Crippen molar-refractivity contribution in [2.45, 2.75) is 0 Å². The van der Waals surface area contributed by atoms with Crippen molar-refractivity contribution in [2.75, 3.05) is 9.80 Å². The highest BCUT2D eigenvalue weighted by molar-refractivity contribution is 6.12. The number of fused-ring (bicyclic) bond motifs is 12. The van der Waals surface area contributed by atoms with Gasteiger partial charge in [0.1, 0.15) is 34.8 Å². The van der Waals surface area contributed by atoms with Crippen LogP contribution in [0.3, 0.4) is 0 Å². The Bertz CT molecular complexity index is 4970. The van der Waals surface area contributed by atoms with E-state index in [4.69, 9.17) is 14.7 Å². The first-order valence-corrected chi connectivity index (χ1v) is 30.7. The number of rotatable bonds is 12. The number of pyridine rings is 2. The zero-order valence-electron chi connectivity index (χ0n) is 49.2. The van der Waals surface area contributed by atoms with Crippen molar-refractivity contribution in [2.24, 2.45) is 0 Å². The zero-order valence-corrected chi connectivity index (χ0v) is 49.2. The fourth-order valence-electron chi connectivity index (χ4n) is 13.9. The Morgan fingerprint density at radius 3 is 0.780 bits per heavy atom. The number of hydrogen-bond donors (Lipinski definition) is 0. The maximum Gasteiger partial charge on any atom is 0.140 e. The summed E-state index contributed by atoms with van der Waals surface area (Å²) in [5.41, 5.74) is 14.8. The monoisotopic (exact) mass is 1170 g/mol. The summed E-state index contributed by atoms with van der Waals surface area (Å²) in [5, 5.41) is 9.58. The summed E-state index contributed by atoms with van der Waals surface area (Å²) in [6.45, 7) is 0. The second kappa shape index (κ2) is 21.2.